The number of rotatable bonds is 7. The summed E-state index contributed by atoms with van der Waals surface area (Å²) < 4.78 is 20.4. The quantitative estimate of drug-likeness (QED) is 0.594. The van der Waals surface area contributed by atoms with Crippen LogP contribution in [0.2, 0.25) is 0 Å². The Morgan fingerprint density at radius 3 is 2.70 bits per heavy atom. The fourth-order valence-corrected chi connectivity index (χ4v) is 7.36. The summed E-state index contributed by atoms with van der Waals surface area (Å²) >= 11 is 1.35. The van der Waals surface area contributed by atoms with Gasteiger partial charge in [0.25, 0.3) is 0 Å². The first kappa shape index (κ1) is 23.9. The molecular formula is C22H31N5O4S2. The van der Waals surface area contributed by atoms with Gasteiger partial charge < -0.3 is 14.7 Å². The highest BCUT2D eigenvalue weighted by Gasteiger charge is 2.38. The number of piperazine rings is 1. The van der Waals surface area contributed by atoms with E-state index in [1.54, 1.807) is 34.6 Å². The van der Waals surface area contributed by atoms with Gasteiger partial charge in [0.2, 0.25) is 11.8 Å². The van der Waals surface area contributed by atoms with Crippen LogP contribution in [0.5, 0.6) is 0 Å². The third kappa shape index (κ3) is 5.15. The predicted molar refractivity (Wildman–Crippen MR) is 129 cm³/mol. The zero-order valence-electron chi connectivity index (χ0n) is 19.1. The Morgan fingerprint density at radius 1 is 1.33 bits per heavy atom. The highest BCUT2D eigenvalue weighted by atomic mass is 32.2. The molecule has 0 radical (unpaired) electrons. The van der Waals surface area contributed by atoms with Gasteiger partial charge in [0, 0.05) is 24.7 Å². The number of amides is 2. The molecule has 2 aromatic heterocycles. The number of aromatic nitrogens is 2. The standard InChI is InChI=1S/C22H31N5O4S2/c1-15-20(16(2)31-25-15)33(3,30)26-10-11-27(19(28)14-26)18(13-17-7-5-4-6-8-17)21(29)24-22-23-9-12-32-22/h9,12,17-18H,3-8,10-11,13-14H2,1-2H3,(H,23,24,29)/t18-,33?/m0/s1. The lowest BCUT2D eigenvalue weighted by molar-refractivity contribution is -0.142. The van der Waals surface area contributed by atoms with Crippen molar-refractivity contribution in [1.82, 2.24) is 19.3 Å². The van der Waals surface area contributed by atoms with Crippen molar-refractivity contribution in [1.29, 1.82) is 0 Å². The number of carbonyl (C=O) groups is 2. The van der Waals surface area contributed by atoms with Crippen LogP contribution in [0.1, 0.15) is 50.0 Å². The number of thiazole rings is 1. The third-order valence-electron chi connectivity index (χ3n) is 6.55. The monoisotopic (exact) mass is 493 g/mol. The highest BCUT2D eigenvalue weighted by molar-refractivity contribution is 7.98. The minimum atomic E-state index is -2.93. The summed E-state index contributed by atoms with van der Waals surface area (Å²) in [5, 5.41) is 9.10. The van der Waals surface area contributed by atoms with E-state index in [9.17, 15) is 13.8 Å². The van der Waals surface area contributed by atoms with Crippen molar-refractivity contribution in [2.24, 2.45) is 5.92 Å². The Hall–Kier alpha value is -2.24. The van der Waals surface area contributed by atoms with Crippen molar-refractivity contribution in [2.45, 2.75) is 63.3 Å². The van der Waals surface area contributed by atoms with Crippen molar-refractivity contribution in [3.8, 4) is 0 Å². The number of nitrogens with zero attached hydrogens (tertiary/aromatic N) is 4. The van der Waals surface area contributed by atoms with Crippen LogP contribution in [0.4, 0.5) is 5.13 Å². The maximum absolute atomic E-state index is 13.6. The van der Waals surface area contributed by atoms with Gasteiger partial charge in [0.1, 0.15) is 10.9 Å². The zero-order valence-corrected chi connectivity index (χ0v) is 20.8. The summed E-state index contributed by atoms with van der Waals surface area (Å²) in [5.41, 5.74) is 0.514. The molecule has 1 aliphatic carbocycles. The Bertz CT molecular complexity index is 1070. The molecule has 1 N–H and O–H groups in total. The molecule has 4 rings (SSSR count). The highest BCUT2D eigenvalue weighted by Crippen LogP contribution is 2.31. The van der Waals surface area contributed by atoms with Crippen molar-refractivity contribution in [3.05, 3.63) is 23.0 Å². The van der Waals surface area contributed by atoms with Crippen LogP contribution in [0.25, 0.3) is 0 Å². The van der Waals surface area contributed by atoms with Crippen molar-refractivity contribution >= 4 is 43.9 Å². The van der Waals surface area contributed by atoms with Crippen molar-refractivity contribution < 1.29 is 18.3 Å². The molecule has 3 heterocycles. The Morgan fingerprint density at radius 2 is 2.09 bits per heavy atom. The first-order valence-electron chi connectivity index (χ1n) is 11.3. The molecule has 2 aliphatic rings. The summed E-state index contributed by atoms with van der Waals surface area (Å²) in [5.74, 6) is 4.36. The van der Waals surface area contributed by atoms with Crippen LogP contribution in [0.3, 0.4) is 0 Å². The topological polar surface area (TPSA) is 109 Å². The lowest BCUT2D eigenvalue weighted by Crippen LogP contribution is -2.58. The van der Waals surface area contributed by atoms with Crippen LogP contribution in [-0.2, 0) is 19.3 Å². The number of aryl methyl sites for hydroxylation is 2. The van der Waals surface area contributed by atoms with Gasteiger partial charge in [0.15, 0.2) is 10.9 Å². The van der Waals surface area contributed by atoms with E-state index in [0.717, 1.165) is 25.7 Å². The van der Waals surface area contributed by atoms with E-state index in [1.807, 2.05) is 0 Å². The van der Waals surface area contributed by atoms with Crippen LogP contribution in [0.15, 0.2) is 21.0 Å². The number of nitrogens with one attached hydrogen (secondary N) is 1. The lowest BCUT2D eigenvalue weighted by atomic mass is 9.84. The number of carbonyl (C=O) groups excluding carboxylic acids is 2. The normalized spacial score (nSPS) is 21.0. The second-order valence-corrected chi connectivity index (χ2v) is 11.9. The van der Waals surface area contributed by atoms with Gasteiger partial charge in [-0.1, -0.05) is 37.3 Å². The molecule has 2 fully saturated rings. The summed E-state index contributed by atoms with van der Waals surface area (Å²) in [6.45, 7) is 4.00. The predicted octanol–water partition coefficient (Wildman–Crippen LogP) is 2.86. The molecule has 2 atom stereocenters. The van der Waals surface area contributed by atoms with Gasteiger partial charge >= 0.3 is 0 Å². The Kier molecular flexibility index (Phi) is 7.20. The van der Waals surface area contributed by atoms with E-state index in [0.29, 0.717) is 46.9 Å². The van der Waals surface area contributed by atoms with Crippen molar-refractivity contribution in [2.75, 3.05) is 25.0 Å². The number of hydrogen-bond donors (Lipinski definition) is 1. The smallest absolute Gasteiger partial charge is 0.248 e. The molecule has 11 heteroatoms. The minimum Gasteiger partial charge on any atom is -0.360 e. The average Bonchev–Trinajstić information content (AvgIpc) is 3.42. The van der Waals surface area contributed by atoms with Gasteiger partial charge in [-0.05, 0) is 32.1 Å². The molecule has 2 amide bonds. The Labute approximate surface area is 198 Å². The fraction of sp³-hybridized carbons (Fsp3) is 0.591. The SMILES string of the molecule is C=S(=O)(c1c(C)noc1C)N1CCN([C@@H](CC2CCCCC2)C(=O)Nc2nccs2)C(=O)C1. The van der Waals surface area contributed by atoms with E-state index in [2.05, 4.69) is 21.3 Å². The molecule has 1 saturated carbocycles. The lowest BCUT2D eigenvalue weighted by Gasteiger charge is -2.40. The maximum atomic E-state index is 13.6. The molecule has 2 aromatic rings. The summed E-state index contributed by atoms with van der Waals surface area (Å²) in [6.07, 6.45) is 7.97. The maximum Gasteiger partial charge on any atom is 0.248 e. The zero-order chi connectivity index (χ0) is 23.6. The van der Waals surface area contributed by atoms with E-state index in [1.165, 1.54) is 17.8 Å². The summed E-state index contributed by atoms with van der Waals surface area (Å²) in [6, 6.07) is -0.577. The van der Waals surface area contributed by atoms with E-state index >= 15 is 0 Å². The fourth-order valence-electron chi connectivity index (χ4n) is 4.89. The van der Waals surface area contributed by atoms with E-state index < -0.39 is 15.7 Å². The van der Waals surface area contributed by atoms with Gasteiger partial charge in [-0.25, -0.2) is 13.5 Å². The molecular weight excluding hydrogens is 462 g/mol. The van der Waals surface area contributed by atoms with E-state index in [-0.39, 0.29) is 18.4 Å². The molecule has 0 aromatic carbocycles. The molecule has 1 saturated heterocycles. The van der Waals surface area contributed by atoms with Crippen LogP contribution >= 0.6 is 11.3 Å². The van der Waals surface area contributed by atoms with Gasteiger partial charge in [-0.3, -0.25) is 9.59 Å². The summed E-state index contributed by atoms with van der Waals surface area (Å²) in [7, 11) is -2.93. The third-order valence-corrected chi connectivity index (χ3v) is 9.60. The second kappa shape index (κ2) is 9.94. The largest absolute Gasteiger partial charge is 0.360 e. The Balaban J connectivity index is 1.51. The van der Waals surface area contributed by atoms with Gasteiger partial charge in [-0.15, -0.1) is 11.3 Å². The summed E-state index contributed by atoms with van der Waals surface area (Å²) in [4.78, 5) is 32.8. The van der Waals surface area contributed by atoms with Crippen LogP contribution in [0, 0.1) is 19.8 Å². The number of hydrogen-bond acceptors (Lipinski definition) is 7. The minimum absolute atomic E-state index is 0.0713. The number of anilines is 1. The van der Waals surface area contributed by atoms with Gasteiger partial charge in [-0.2, -0.15) is 0 Å². The molecule has 1 unspecified atom stereocenters. The molecule has 180 valence electrons. The van der Waals surface area contributed by atoms with Crippen LogP contribution < -0.4 is 5.32 Å². The molecule has 9 nitrogen and oxygen atoms in total. The molecule has 33 heavy (non-hydrogen) atoms. The first-order chi connectivity index (χ1) is 15.8. The molecule has 0 spiro atoms. The first-order valence-corrected chi connectivity index (χ1v) is 13.9. The van der Waals surface area contributed by atoms with E-state index in [4.69, 9.17) is 4.52 Å². The average molecular weight is 494 g/mol. The van der Waals surface area contributed by atoms with Gasteiger partial charge in [0.05, 0.1) is 21.9 Å². The van der Waals surface area contributed by atoms with Crippen LogP contribution in [-0.4, -0.2) is 66.9 Å². The van der Waals surface area contributed by atoms with Crippen molar-refractivity contribution in [3.63, 3.8) is 0 Å². The molecule has 1 aliphatic heterocycles. The molecule has 0 bridgehead atoms. The second-order valence-electron chi connectivity index (χ2n) is 8.83.